The van der Waals surface area contributed by atoms with Crippen molar-refractivity contribution < 1.29 is 18.7 Å². The fraction of sp³-hybridized carbons (Fsp3) is 0.471. The second-order valence-corrected chi connectivity index (χ2v) is 6.24. The summed E-state index contributed by atoms with van der Waals surface area (Å²) in [6.45, 7) is 3.82. The topological polar surface area (TPSA) is 90.9 Å². The lowest BCUT2D eigenvalue weighted by molar-refractivity contribution is 0.0359. The van der Waals surface area contributed by atoms with E-state index in [0.717, 1.165) is 5.76 Å². The van der Waals surface area contributed by atoms with Crippen molar-refractivity contribution in [3.63, 3.8) is 0 Å². The van der Waals surface area contributed by atoms with E-state index in [0.29, 0.717) is 18.1 Å². The molecule has 2 amide bonds. The molecular formula is C17H25N3O4. The SMILES string of the molecule is Cc1ccc(C(C)(O)CNC(=O)NCC(c2ccco2)N(C)C)o1. The molecule has 0 fully saturated rings. The number of rotatable bonds is 7. The van der Waals surface area contributed by atoms with Gasteiger partial charge in [-0.1, -0.05) is 0 Å². The maximum absolute atomic E-state index is 12.0. The highest BCUT2D eigenvalue weighted by molar-refractivity contribution is 5.73. The summed E-state index contributed by atoms with van der Waals surface area (Å²) in [6, 6.07) is 6.72. The van der Waals surface area contributed by atoms with Gasteiger partial charge in [-0.2, -0.15) is 0 Å². The Bertz CT molecular complexity index is 647. The molecule has 2 heterocycles. The fourth-order valence-electron chi connectivity index (χ4n) is 2.33. The standard InChI is InChI=1S/C17H25N3O4/c1-12-7-8-15(24-12)17(2,22)11-19-16(21)18-10-13(20(3)4)14-6-5-9-23-14/h5-9,13,22H,10-11H2,1-4H3,(H2,18,19,21). The maximum Gasteiger partial charge on any atom is 0.314 e. The Labute approximate surface area is 141 Å². The predicted molar refractivity (Wildman–Crippen MR) is 89.6 cm³/mol. The number of aliphatic hydroxyl groups is 1. The van der Waals surface area contributed by atoms with Gasteiger partial charge in [0.25, 0.3) is 0 Å². The number of hydrogen-bond acceptors (Lipinski definition) is 5. The van der Waals surface area contributed by atoms with Crippen LogP contribution in [0.3, 0.4) is 0 Å². The molecule has 3 N–H and O–H groups in total. The minimum Gasteiger partial charge on any atom is -0.468 e. The Morgan fingerprint density at radius 3 is 2.62 bits per heavy atom. The van der Waals surface area contributed by atoms with Gasteiger partial charge >= 0.3 is 6.03 Å². The Hall–Kier alpha value is -2.25. The van der Waals surface area contributed by atoms with Crippen LogP contribution in [-0.4, -0.2) is 43.2 Å². The first kappa shape index (κ1) is 18.1. The summed E-state index contributed by atoms with van der Waals surface area (Å²) in [7, 11) is 3.83. The summed E-state index contributed by atoms with van der Waals surface area (Å²) in [5, 5.41) is 15.9. The lowest BCUT2D eigenvalue weighted by atomic mass is 10.0. The number of amides is 2. The molecule has 0 aromatic carbocycles. The van der Waals surface area contributed by atoms with Crippen LogP contribution in [0.5, 0.6) is 0 Å². The van der Waals surface area contributed by atoms with Crippen molar-refractivity contribution in [2.75, 3.05) is 27.2 Å². The molecule has 132 valence electrons. The van der Waals surface area contributed by atoms with Crippen molar-refractivity contribution in [2.45, 2.75) is 25.5 Å². The van der Waals surface area contributed by atoms with E-state index >= 15 is 0 Å². The predicted octanol–water partition coefficient (Wildman–Crippen LogP) is 1.99. The van der Waals surface area contributed by atoms with Crippen LogP contribution in [0.1, 0.15) is 30.2 Å². The molecule has 7 heteroatoms. The highest BCUT2D eigenvalue weighted by Gasteiger charge is 2.27. The van der Waals surface area contributed by atoms with Crippen molar-refractivity contribution in [3.8, 4) is 0 Å². The number of furan rings is 2. The molecular weight excluding hydrogens is 310 g/mol. The molecule has 0 bridgehead atoms. The Morgan fingerprint density at radius 1 is 1.33 bits per heavy atom. The van der Waals surface area contributed by atoms with Crippen molar-refractivity contribution in [3.05, 3.63) is 47.8 Å². The van der Waals surface area contributed by atoms with Crippen LogP contribution in [0.2, 0.25) is 0 Å². The summed E-state index contributed by atoms with van der Waals surface area (Å²) < 4.78 is 10.8. The molecule has 7 nitrogen and oxygen atoms in total. The number of likely N-dealkylation sites (N-methyl/N-ethyl adjacent to an activating group) is 1. The summed E-state index contributed by atoms with van der Waals surface area (Å²) in [5.41, 5.74) is -1.27. The average Bonchev–Trinajstić information content (AvgIpc) is 3.17. The van der Waals surface area contributed by atoms with Crippen LogP contribution in [0, 0.1) is 6.92 Å². The molecule has 0 spiro atoms. The number of carbonyl (C=O) groups excluding carboxylic acids is 1. The van der Waals surface area contributed by atoms with E-state index in [2.05, 4.69) is 10.6 Å². The second-order valence-electron chi connectivity index (χ2n) is 6.24. The van der Waals surface area contributed by atoms with Crippen LogP contribution in [0.25, 0.3) is 0 Å². The van der Waals surface area contributed by atoms with Crippen molar-refractivity contribution in [2.24, 2.45) is 0 Å². The van der Waals surface area contributed by atoms with Crippen LogP contribution in [0.4, 0.5) is 4.79 Å². The zero-order valence-corrected chi connectivity index (χ0v) is 14.5. The molecule has 0 saturated carbocycles. The van der Waals surface area contributed by atoms with Crippen LogP contribution >= 0.6 is 0 Å². The fourth-order valence-corrected chi connectivity index (χ4v) is 2.33. The first-order valence-corrected chi connectivity index (χ1v) is 7.80. The van der Waals surface area contributed by atoms with Gasteiger partial charge in [-0.05, 0) is 52.2 Å². The average molecular weight is 335 g/mol. The molecule has 0 aliphatic heterocycles. The van der Waals surface area contributed by atoms with E-state index in [1.807, 2.05) is 31.1 Å². The smallest absolute Gasteiger partial charge is 0.314 e. The molecule has 2 aromatic rings. The third-order valence-electron chi connectivity index (χ3n) is 3.82. The van der Waals surface area contributed by atoms with Gasteiger partial charge < -0.3 is 24.6 Å². The van der Waals surface area contributed by atoms with E-state index in [1.54, 1.807) is 32.2 Å². The van der Waals surface area contributed by atoms with Gasteiger partial charge in [0.15, 0.2) is 0 Å². The van der Waals surface area contributed by atoms with Gasteiger partial charge in [0.05, 0.1) is 18.8 Å². The van der Waals surface area contributed by atoms with E-state index in [9.17, 15) is 9.90 Å². The second kappa shape index (κ2) is 7.55. The molecule has 0 aliphatic rings. The zero-order chi connectivity index (χ0) is 17.7. The molecule has 2 unspecified atom stereocenters. The number of carbonyl (C=O) groups is 1. The van der Waals surface area contributed by atoms with E-state index in [-0.39, 0.29) is 18.6 Å². The lowest BCUT2D eigenvalue weighted by Crippen LogP contribution is -2.45. The third kappa shape index (κ3) is 4.62. The van der Waals surface area contributed by atoms with Gasteiger partial charge in [-0.3, -0.25) is 4.90 Å². The van der Waals surface area contributed by atoms with Crippen molar-refractivity contribution >= 4 is 6.03 Å². The highest BCUT2D eigenvalue weighted by atomic mass is 16.4. The summed E-state index contributed by atoms with van der Waals surface area (Å²) in [6.07, 6.45) is 1.61. The number of hydrogen-bond donors (Lipinski definition) is 3. The number of aryl methyl sites for hydroxylation is 1. The van der Waals surface area contributed by atoms with Gasteiger partial charge in [-0.25, -0.2) is 4.79 Å². The quantitative estimate of drug-likeness (QED) is 0.720. The minimum atomic E-state index is -1.27. The summed E-state index contributed by atoms with van der Waals surface area (Å²) >= 11 is 0. The van der Waals surface area contributed by atoms with Gasteiger partial charge in [-0.15, -0.1) is 0 Å². The summed E-state index contributed by atoms with van der Waals surface area (Å²) in [4.78, 5) is 14.0. The maximum atomic E-state index is 12.0. The summed E-state index contributed by atoms with van der Waals surface area (Å²) in [5.74, 6) is 1.91. The van der Waals surface area contributed by atoms with Gasteiger partial charge in [0.1, 0.15) is 22.9 Å². The number of nitrogens with zero attached hydrogens (tertiary/aromatic N) is 1. The Kier molecular flexibility index (Phi) is 5.69. The zero-order valence-electron chi connectivity index (χ0n) is 14.5. The Balaban J connectivity index is 1.84. The number of nitrogens with one attached hydrogen (secondary N) is 2. The monoisotopic (exact) mass is 335 g/mol. The van der Waals surface area contributed by atoms with Gasteiger partial charge in [0, 0.05) is 6.54 Å². The lowest BCUT2D eigenvalue weighted by Gasteiger charge is -2.24. The molecule has 0 saturated heterocycles. The molecule has 0 aliphatic carbocycles. The van der Waals surface area contributed by atoms with Crippen molar-refractivity contribution in [1.82, 2.24) is 15.5 Å². The van der Waals surface area contributed by atoms with E-state index < -0.39 is 5.60 Å². The molecule has 24 heavy (non-hydrogen) atoms. The minimum absolute atomic E-state index is 0.0408. The van der Waals surface area contributed by atoms with Crippen LogP contribution in [0.15, 0.2) is 39.4 Å². The highest BCUT2D eigenvalue weighted by Crippen LogP contribution is 2.22. The first-order chi connectivity index (χ1) is 11.3. The van der Waals surface area contributed by atoms with Crippen molar-refractivity contribution in [1.29, 1.82) is 0 Å². The molecule has 2 atom stereocenters. The van der Waals surface area contributed by atoms with Crippen LogP contribution in [-0.2, 0) is 5.60 Å². The largest absolute Gasteiger partial charge is 0.468 e. The Morgan fingerprint density at radius 2 is 2.08 bits per heavy atom. The molecule has 2 rings (SSSR count). The molecule has 0 radical (unpaired) electrons. The van der Waals surface area contributed by atoms with E-state index in [4.69, 9.17) is 8.83 Å². The normalized spacial score (nSPS) is 15.1. The molecule has 2 aromatic heterocycles. The first-order valence-electron chi connectivity index (χ1n) is 7.80. The van der Waals surface area contributed by atoms with E-state index in [1.165, 1.54) is 0 Å². The third-order valence-corrected chi connectivity index (χ3v) is 3.82. The van der Waals surface area contributed by atoms with Crippen LogP contribution < -0.4 is 10.6 Å². The number of urea groups is 1. The van der Waals surface area contributed by atoms with Gasteiger partial charge in [0.2, 0.25) is 0 Å².